The molecule has 7 heteroatoms. The van der Waals surface area contributed by atoms with Crippen molar-refractivity contribution in [3.05, 3.63) is 33.9 Å². The number of hydrogen-bond donors (Lipinski definition) is 3. The Hall–Kier alpha value is -1.70. The van der Waals surface area contributed by atoms with Crippen LogP contribution in [0.25, 0.3) is 0 Å². The Balaban J connectivity index is 3.28. The van der Waals surface area contributed by atoms with Gasteiger partial charge in [0.1, 0.15) is 0 Å². The molecule has 1 rings (SSSR count). The minimum absolute atomic E-state index is 0.0343. The fourth-order valence-electron chi connectivity index (χ4n) is 1.04. The van der Waals surface area contributed by atoms with E-state index in [0.717, 1.165) is 18.2 Å². The van der Waals surface area contributed by atoms with Crippen LogP contribution < -0.4 is 4.74 Å². The minimum atomic E-state index is -3.10. The van der Waals surface area contributed by atoms with Crippen molar-refractivity contribution in [3.8, 4) is 5.75 Å². The quantitative estimate of drug-likeness (QED) is 0.362. The summed E-state index contributed by atoms with van der Waals surface area (Å²) >= 11 is 0. The molecular weight excluding hydrogens is 206 g/mol. The van der Waals surface area contributed by atoms with Gasteiger partial charge in [0.25, 0.3) is 0 Å². The van der Waals surface area contributed by atoms with Gasteiger partial charge in [0.15, 0.2) is 5.75 Å². The lowest BCUT2D eigenvalue weighted by Gasteiger charge is -2.14. The second-order valence-corrected chi connectivity index (χ2v) is 2.78. The highest BCUT2D eigenvalue weighted by Crippen LogP contribution is 2.30. The highest BCUT2D eigenvalue weighted by molar-refractivity contribution is 5.49. The van der Waals surface area contributed by atoms with Gasteiger partial charge in [-0.25, -0.2) is 0 Å². The lowest BCUT2D eigenvalue weighted by atomic mass is 10.1. The van der Waals surface area contributed by atoms with Crippen LogP contribution in [-0.4, -0.2) is 27.4 Å². The smallest absolute Gasteiger partial charge is 0.311 e. The molecule has 0 aliphatic rings. The maximum atomic E-state index is 10.5. The largest absolute Gasteiger partial charge is 0.490 e. The van der Waals surface area contributed by atoms with E-state index in [0.29, 0.717) is 0 Å². The zero-order valence-electron chi connectivity index (χ0n) is 7.75. The van der Waals surface area contributed by atoms with Crippen molar-refractivity contribution in [3.63, 3.8) is 0 Å². The van der Waals surface area contributed by atoms with Crippen LogP contribution in [0.4, 0.5) is 5.69 Å². The highest BCUT2D eigenvalue weighted by atomic mass is 16.7. The molecule has 0 heterocycles. The zero-order valence-corrected chi connectivity index (χ0v) is 7.75. The lowest BCUT2D eigenvalue weighted by Crippen LogP contribution is -2.23. The molecule has 0 fully saturated rings. The van der Waals surface area contributed by atoms with Crippen LogP contribution in [0.1, 0.15) is 5.56 Å². The molecule has 0 saturated heterocycles. The Morgan fingerprint density at radius 2 is 2.00 bits per heavy atom. The van der Waals surface area contributed by atoms with Crippen LogP contribution in [0.2, 0.25) is 0 Å². The summed E-state index contributed by atoms with van der Waals surface area (Å²) in [5.41, 5.74) is -0.869. The molecule has 0 aliphatic carbocycles. The molecule has 1 aromatic rings. The molecule has 15 heavy (non-hydrogen) atoms. The first-order chi connectivity index (χ1) is 6.86. The third kappa shape index (κ3) is 2.40. The molecular formula is C8H9NO6. The van der Waals surface area contributed by atoms with Crippen LogP contribution in [0.5, 0.6) is 5.75 Å². The molecule has 0 aliphatic heterocycles. The van der Waals surface area contributed by atoms with E-state index in [4.69, 9.17) is 15.3 Å². The average molecular weight is 215 g/mol. The number of rotatable bonds is 3. The Morgan fingerprint density at radius 1 is 1.40 bits per heavy atom. The summed E-state index contributed by atoms with van der Waals surface area (Å²) in [5.74, 6) is -3.13. The van der Waals surface area contributed by atoms with Gasteiger partial charge < -0.3 is 20.1 Å². The van der Waals surface area contributed by atoms with Crippen molar-refractivity contribution in [2.24, 2.45) is 0 Å². The van der Waals surface area contributed by atoms with Crippen molar-refractivity contribution in [2.45, 2.75) is 5.97 Å². The fraction of sp³-hybridized carbons (Fsp3) is 0.250. The van der Waals surface area contributed by atoms with Gasteiger partial charge in [-0.05, 0) is 12.1 Å². The van der Waals surface area contributed by atoms with Gasteiger partial charge in [-0.15, -0.1) is 0 Å². The predicted octanol–water partition coefficient (Wildman–Crippen LogP) is -0.309. The maximum Gasteiger partial charge on any atom is 0.311 e. The molecule has 0 unspecified atom stereocenters. The molecule has 1 aromatic carbocycles. The summed E-state index contributed by atoms with van der Waals surface area (Å²) in [7, 11) is 1.24. The topological polar surface area (TPSA) is 113 Å². The molecule has 3 N–H and O–H groups in total. The number of nitrogens with zero attached hydrogens (tertiary/aromatic N) is 1. The van der Waals surface area contributed by atoms with Crippen LogP contribution in [0.3, 0.4) is 0 Å². The average Bonchev–Trinajstić information content (AvgIpc) is 2.15. The lowest BCUT2D eigenvalue weighted by molar-refractivity contribution is -0.386. The summed E-state index contributed by atoms with van der Waals surface area (Å²) in [5, 5.41) is 37.0. The molecule has 0 spiro atoms. The molecule has 0 bridgehead atoms. The van der Waals surface area contributed by atoms with Crippen LogP contribution in [0.15, 0.2) is 18.2 Å². The molecule has 0 amide bonds. The van der Waals surface area contributed by atoms with E-state index in [1.807, 2.05) is 0 Å². The first kappa shape index (κ1) is 11.4. The number of nitro groups is 1. The van der Waals surface area contributed by atoms with Gasteiger partial charge in [-0.1, -0.05) is 0 Å². The van der Waals surface area contributed by atoms with E-state index in [2.05, 4.69) is 4.74 Å². The summed E-state index contributed by atoms with van der Waals surface area (Å²) in [6.07, 6.45) is 0. The molecule has 82 valence electrons. The number of nitro benzene ring substituents is 1. The van der Waals surface area contributed by atoms with Crippen molar-refractivity contribution in [1.82, 2.24) is 0 Å². The first-order valence-electron chi connectivity index (χ1n) is 3.86. The van der Waals surface area contributed by atoms with Gasteiger partial charge in [0, 0.05) is 11.6 Å². The number of aliphatic hydroxyl groups is 3. The van der Waals surface area contributed by atoms with Crippen molar-refractivity contribution >= 4 is 5.69 Å². The van der Waals surface area contributed by atoms with E-state index in [1.54, 1.807) is 0 Å². The van der Waals surface area contributed by atoms with Crippen molar-refractivity contribution < 1.29 is 25.0 Å². The fourth-order valence-corrected chi connectivity index (χ4v) is 1.04. The Kier molecular flexibility index (Phi) is 2.89. The van der Waals surface area contributed by atoms with E-state index in [-0.39, 0.29) is 5.75 Å². The van der Waals surface area contributed by atoms with Gasteiger partial charge in [-0.3, -0.25) is 10.1 Å². The predicted molar refractivity (Wildman–Crippen MR) is 48.0 cm³/mol. The van der Waals surface area contributed by atoms with Gasteiger partial charge in [-0.2, -0.15) is 0 Å². The van der Waals surface area contributed by atoms with Gasteiger partial charge in [0.2, 0.25) is 0 Å². The second-order valence-electron chi connectivity index (χ2n) is 2.78. The Bertz CT molecular complexity index is 383. The minimum Gasteiger partial charge on any atom is -0.490 e. The van der Waals surface area contributed by atoms with E-state index < -0.39 is 22.1 Å². The van der Waals surface area contributed by atoms with Crippen molar-refractivity contribution in [1.29, 1.82) is 0 Å². The number of hydrogen-bond acceptors (Lipinski definition) is 6. The summed E-state index contributed by atoms with van der Waals surface area (Å²) in [4.78, 5) is 9.78. The number of methoxy groups -OCH3 is 1. The summed E-state index contributed by atoms with van der Waals surface area (Å²) < 4.78 is 4.69. The van der Waals surface area contributed by atoms with E-state index in [1.165, 1.54) is 7.11 Å². The molecule has 0 aromatic heterocycles. The number of benzene rings is 1. The van der Waals surface area contributed by atoms with Gasteiger partial charge in [0.05, 0.1) is 12.0 Å². The molecule has 0 radical (unpaired) electrons. The third-order valence-corrected chi connectivity index (χ3v) is 1.76. The molecule has 7 nitrogen and oxygen atoms in total. The van der Waals surface area contributed by atoms with Crippen LogP contribution >= 0.6 is 0 Å². The molecule has 0 saturated carbocycles. The monoisotopic (exact) mass is 215 g/mol. The first-order valence-corrected chi connectivity index (χ1v) is 3.86. The highest BCUT2D eigenvalue weighted by Gasteiger charge is 2.26. The Labute approximate surface area is 84.3 Å². The van der Waals surface area contributed by atoms with Crippen LogP contribution in [-0.2, 0) is 5.97 Å². The maximum absolute atomic E-state index is 10.5. The number of ether oxygens (including phenoxy) is 1. The van der Waals surface area contributed by atoms with Crippen LogP contribution in [0, 0.1) is 10.1 Å². The second kappa shape index (κ2) is 3.81. The summed E-state index contributed by atoms with van der Waals surface area (Å²) in [6.45, 7) is 0. The van der Waals surface area contributed by atoms with E-state index in [9.17, 15) is 10.1 Å². The SMILES string of the molecule is COc1ccc(C(O)(O)O)cc1[N+](=O)[O-]. The van der Waals surface area contributed by atoms with E-state index >= 15 is 0 Å². The summed E-state index contributed by atoms with van der Waals surface area (Å²) in [6, 6.07) is 3.08. The van der Waals surface area contributed by atoms with Crippen molar-refractivity contribution in [2.75, 3.05) is 7.11 Å². The van der Waals surface area contributed by atoms with Gasteiger partial charge >= 0.3 is 11.7 Å². The third-order valence-electron chi connectivity index (χ3n) is 1.76. The molecule has 0 atom stereocenters. The zero-order chi connectivity index (χ0) is 11.6. The Morgan fingerprint density at radius 3 is 2.40 bits per heavy atom. The normalized spacial score (nSPS) is 11.2. The standard InChI is InChI=1S/C8H9NO6/c1-15-7-3-2-5(8(10,11)12)4-6(7)9(13)14/h2-4,10-12H,1H3.